The number of aromatic nitrogens is 4. The van der Waals surface area contributed by atoms with Gasteiger partial charge >= 0.3 is 0 Å². The van der Waals surface area contributed by atoms with E-state index < -0.39 is 0 Å². The minimum absolute atomic E-state index is 0.774. The van der Waals surface area contributed by atoms with Gasteiger partial charge in [-0.25, -0.2) is 0 Å². The van der Waals surface area contributed by atoms with Crippen LogP contribution >= 0.6 is 0 Å². The van der Waals surface area contributed by atoms with Crippen molar-refractivity contribution in [2.24, 2.45) is 4.99 Å². The van der Waals surface area contributed by atoms with Gasteiger partial charge in [-0.05, 0) is 31.9 Å². The van der Waals surface area contributed by atoms with E-state index in [1.165, 1.54) is 5.56 Å². The molecule has 0 unspecified atom stereocenters. The average Bonchev–Trinajstić information content (AvgIpc) is 3.15. The van der Waals surface area contributed by atoms with Crippen LogP contribution < -0.4 is 10.6 Å². The van der Waals surface area contributed by atoms with Crippen molar-refractivity contribution in [3.05, 3.63) is 36.4 Å². The summed E-state index contributed by atoms with van der Waals surface area (Å²) in [5.74, 6) is 0.854. The smallest absolute Gasteiger partial charge is 0.191 e. The van der Waals surface area contributed by atoms with Crippen LogP contribution in [0.5, 0.6) is 0 Å². The van der Waals surface area contributed by atoms with Crippen LogP contribution in [0.1, 0.15) is 18.9 Å². The molecule has 2 aromatic rings. The van der Waals surface area contributed by atoms with E-state index in [2.05, 4.69) is 32.7 Å². The quantitative estimate of drug-likeness (QED) is 0.434. The van der Waals surface area contributed by atoms with Crippen molar-refractivity contribution >= 4 is 5.96 Å². The first kappa shape index (κ1) is 16.1. The first-order valence-corrected chi connectivity index (χ1v) is 7.76. The first-order valence-electron chi connectivity index (χ1n) is 7.76. The Labute approximate surface area is 131 Å². The molecule has 120 valence electrons. The molecule has 0 aliphatic rings. The van der Waals surface area contributed by atoms with Gasteiger partial charge < -0.3 is 10.6 Å². The van der Waals surface area contributed by atoms with E-state index in [4.69, 9.17) is 0 Å². The number of hydrogen-bond donors (Lipinski definition) is 2. The summed E-state index contributed by atoms with van der Waals surface area (Å²) in [6.45, 7) is 8.25. The Kier molecular flexibility index (Phi) is 6.47. The average molecular weight is 303 g/mol. The monoisotopic (exact) mass is 303 g/mol. The van der Waals surface area contributed by atoms with Gasteiger partial charge in [0.1, 0.15) is 0 Å². The summed E-state index contributed by atoms with van der Waals surface area (Å²) in [5.41, 5.74) is 1.18. The molecule has 7 nitrogen and oxygen atoms in total. The van der Waals surface area contributed by atoms with Gasteiger partial charge in [0.05, 0.1) is 12.7 Å². The maximum absolute atomic E-state index is 4.57. The normalized spacial score (nSPS) is 11.6. The fraction of sp³-hybridized carbons (Fsp3) is 0.533. The lowest BCUT2D eigenvalue weighted by atomic mass is 10.4. The van der Waals surface area contributed by atoms with E-state index in [1.54, 1.807) is 6.20 Å². The first-order chi connectivity index (χ1) is 10.8. The van der Waals surface area contributed by atoms with E-state index in [-0.39, 0.29) is 0 Å². The molecule has 2 N–H and O–H groups in total. The summed E-state index contributed by atoms with van der Waals surface area (Å²) in [4.78, 5) is 4.57. The molecule has 0 radical (unpaired) electrons. The number of hydrogen-bond acceptors (Lipinski definition) is 3. The molecule has 0 saturated carbocycles. The number of guanidine groups is 1. The highest BCUT2D eigenvalue weighted by Gasteiger charge is 1.98. The van der Waals surface area contributed by atoms with Crippen LogP contribution in [0.25, 0.3) is 0 Å². The molecular formula is C15H25N7. The Morgan fingerprint density at radius 3 is 2.82 bits per heavy atom. The van der Waals surface area contributed by atoms with Crippen LogP contribution in [-0.4, -0.2) is 45.2 Å². The fourth-order valence-corrected chi connectivity index (χ4v) is 2.08. The van der Waals surface area contributed by atoms with Gasteiger partial charge in [-0.15, -0.1) is 0 Å². The molecule has 2 heterocycles. The molecule has 0 amide bonds. The zero-order valence-electron chi connectivity index (χ0n) is 13.4. The minimum atomic E-state index is 0.774. The number of aryl methyl sites for hydroxylation is 2. The Balaban J connectivity index is 1.69. The van der Waals surface area contributed by atoms with Gasteiger partial charge in [0, 0.05) is 44.8 Å². The lowest BCUT2D eigenvalue weighted by Gasteiger charge is -2.11. The highest BCUT2D eigenvalue weighted by molar-refractivity contribution is 5.79. The molecule has 0 aliphatic carbocycles. The number of nitrogens with one attached hydrogen (secondary N) is 2. The lowest BCUT2D eigenvalue weighted by Crippen LogP contribution is -2.39. The zero-order valence-corrected chi connectivity index (χ0v) is 13.4. The van der Waals surface area contributed by atoms with Crippen LogP contribution in [0.2, 0.25) is 0 Å². The van der Waals surface area contributed by atoms with Gasteiger partial charge in [0.25, 0.3) is 0 Å². The molecule has 0 bridgehead atoms. The molecule has 7 heteroatoms. The molecule has 2 aromatic heterocycles. The molecular weight excluding hydrogens is 278 g/mol. The lowest BCUT2D eigenvalue weighted by molar-refractivity contribution is 0.580. The van der Waals surface area contributed by atoms with E-state index in [9.17, 15) is 0 Å². The Hall–Kier alpha value is -2.31. The predicted octanol–water partition coefficient (Wildman–Crippen LogP) is 1.03. The van der Waals surface area contributed by atoms with E-state index >= 15 is 0 Å². The van der Waals surface area contributed by atoms with Crippen molar-refractivity contribution < 1.29 is 0 Å². The van der Waals surface area contributed by atoms with Crippen molar-refractivity contribution in [2.75, 3.05) is 19.6 Å². The standard InChI is InChI=1S/C15H25N7/c1-3-16-15(17-6-4-9-21-10-5-7-19-21)18-8-11-22-13-14(2)12-20-22/h5,7,10,12-13H,3-4,6,8-9,11H2,1-2H3,(H2,16,17,18). The molecule has 0 aromatic carbocycles. The maximum atomic E-state index is 4.57. The number of nitrogens with zero attached hydrogens (tertiary/aromatic N) is 5. The van der Waals surface area contributed by atoms with Crippen LogP contribution in [-0.2, 0) is 13.1 Å². The highest BCUT2D eigenvalue weighted by Crippen LogP contribution is 1.93. The van der Waals surface area contributed by atoms with Gasteiger partial charge in [-0.1, -0.05) is 0 Å². The van der Waals surface area contributed by atoms with Crippen LogP contribution in [0, 0.1) is 6.92 Å². The van der Waals surface area contributed by atoms with Crippen LogP contribution in [0.3, 0.4) is 0 Å². The largest absolute Gasteiger partial charge is 0.357 e. The topological polar surface area (TPSA) is 72.1 Å². The third-order valence-corrected chi connectivity index (χ3v) is 3.11. The van der Waals surface area contributed by atoms with Crippen molar-refractivity contribution in [2.45, 2.75) is 33.4 Å². The third-order valence-electron chi connectivity index (χ3n) is 3.11. The second-order valence-electron chi connectivity index (χ2n) is 5.09. The molecule has 0 saturated heterocycles. The highest BCUT2D eigenvalue weighted by atomic mass is 15.3. The molecule has 0 atom stereocenters. The van der Waals surface area contributed by atoms with Crippen molar-refractivity contribution in [3.63, 3.8) is 0 Å². The SMILES string of the molecule is CCNC(=NCCCn1cccn1)NCCn1cc(C)cn1. The third kappa shape index (κ3) is 5.59. The van der Waals surface area contributed by atoms with Gasteiger partial charge in [0.2, 0.25) is 0 Å². The van der Waals surface area contributed by atoms with Crippen molar-refractivity contribution in [3.8, 4) is 0 Å². The molecule has 0 spiro atoms. The fourth-order valence-electron chi connectivity index (χ4n) is 2.08. The Bertz CT molecular complexity index is 556. The molecule has 0 fully saturated rings. The second kappa shape index (κ2) is 8.86. The Morgan fingerprint density at radius 2 is 2.14 bits per heavy atom. The second-order valence-corrected chi connectivity index (χ2v) is 5.09. The summed E-state index contributed by atoms with van der Waals surface area (Å²) < 4.78 is 3.86. The van der Waals surface area contributed by atoms with Crippen molar-refractivity contribution in [1.29, 1.82) is 0 Å². The van der Waals surface area contributed by atoms with Gasteiger partial charge in [-0.3, -0.25) is 14.4 Å². The summed E-state index contributed by atoms with van der Waals surface area (Å²) in [5, 5.41) is 15.0. The van der Waals surface area contributed by atoms with E-state index in [0.29, 0.717) is 0 Å². The number of rotatable bonds is 8. The minimum Gasteiger partial charge on any atom is -0.357 e. The predicted molar refractivity (Wildman–Crippen MR) is 87.8 cm³/mol. The van der Waals surface area contributed by atoms with E-state index in [1.807, 2.05) is 40.9 Å². The van der Waals surface area contributed by atoms with E-state index in [0.717, 1.165) is 45.1 Å². The van der Waals surface area contributed by atoms with Gasteiger partial charge in [-0.2, -0.15) is 10.2 Å². The summed E-state index contributed by atoms with van der Waals surface area (Å²) in [6.07, 6.45) is 8.64. The van der Waals surface area contributed by atoms with Gasteiger partial charge in [0.15, 0.2) is 5.96 Å². The zero-order chi connectivity index (χ0) is 15.6. The van der Waals surface area contributed by atoms with Crippen LogP contribution in [0.4, 0.5) is 0 Å². The summed E-state index contributed by atoms with van der Waals surface area (Å²) in [6, 6.07) is 1.94. The van der Waals surface area contributed by atoms with Crippen molar-refractivity contribution in [1.82, 2.24) is 30.2 Å². The molecule has 22 heavy (non-hydrogen) atoms. The molecule has 2 rings (SSSR count). The summed E-state index contributed by atoms with van der Waals surface area (Å²) >= 11 is 0. The number of aliphatic imine (C=N–C) groups is 1. The summed E-state index contributed by atoms with van der Waals surface area (Å²) in [7, 11) is 0. The maximum Gasteiger partial charge on any atom is 0.191 e. The van der Waals surface area contributed by atoms with Crippen LogP contribution in [0.15, 0.2) is 35.8 Å². The Morgan fingerprint density at radius 1 is 1.23 bits per heavy atom. The molecule has 0 aliphatic heterocycles.